The Morgan fingerprint density at radius 1 is 1.36 bits per heavy atom. The van der Waals surface area contributed by atoms with Crippen molar-refractivity contribution in [2.75, 3.05) is 32.8 Å². The molecule has 1 aromatic rings. The van der Waals surface area contributed by atoms with E-state index in [4.69, 9.17) is 15.9 Å². The van der Waals surface area contributed by atoms with Gasteiger partial charge in [-0.3, -0.25) is 9.69 Å². The summed E-state index contributed by atoms with van der Waals surface area (Å²) in [6, 6.07) is 6.30. The average molecular weight is 300 g/mol. The van der Waals surface area contributed by atoms with Gasteiger partial charge in [-0.15, -0.1) is 6.42 Å². The minimum absolute atomic E-state index is 0.0256. The number of carbonyl (C=O) groups excluding carboxylic acids is 1. The number of hydrogen-bond donors (Lipinski definition) is 1. The van der Waals surface area contributed by atoms with Crippen molar-refractivity contribution < 1.29 is 14.3 Å². The lowest BCUT2D eigenvalue weighted by molar-refractivity contribution is -0.122. The Labute approximate surface area is 130 Å². The molecule has 0 radical (unpaired) electrons. The molecule has 22 heavy (non-hydrogen) atoms. The molecule has 0 aromatic heterocycles. The van der Waals surface area contributed by atoms with E-state index in [1.54, 1.807) is 0 Å². The van der Waals surface area contributed by atoms with Gasteiger partial charge in [0, 0.05) is 6.04 Å². The zero-order valence-electron chi connectivity index (χ0n) is 12.5. The van der Waals surface area contributed by atoms with Gasteiger partial charge in [0.1, 0.15) is 13.2 Å². The Balaban J connectivity index is 1.70. The minimum atomic E-state index is -0.0256. The maximum absolute atomic E-state index is 11.9. The normalized spacial score (nSPS) is 20.4. The van der Waals surface area contributed by atoms with E-state index in [0.29, 0.717) is 19.8 Å². The van der Waals surface area contributed by atoms with Gasteiger partial charge in [-0.1, -0.05) is 12.0 Å². The van der Waals surface area contributed by atoms with Crippen LogP contribution in [0.3, 0.4) is 0 Å². The van der Waals surface area contributed by atoms with Gasteiger partial charge in [0.05, 0.1) is 13.1 Å². The maximum Gasteiger partial charge on any atom is 0.234 e. The van der Waals surface area contributed by atoms with Gasteiger partial charge in [0.15, 0.2) is 11.5 Å². The highest BCUT2D eigenvalue weighted by Crippen LogP contribution is 2.37. The number of terminal acetylenes is 1. The molecule has 0 aliphatic carbocycles. The van der Waals surface area contributed by atoms with Gasteiger partial charge >= 0.3 is 0 Å². The molecule has 1 fully saturated rings. The molecule has 0 spiro atoms. The van der Waals surface area contributed by atoms with Crippen molar-refractivity contribution in [3.05, 3.63) is 23.8 Å². The van der Waals surface area contributed by atoms with E-state index in [1.807, 2.05) is 12.1 Å². The van der Waals surface area contributed by atoms with Crippen LogP contribution < -0.4 is 14.8 Å². The lowest BCUT2D eigenvalue weighted by Crippen LogP contribution is -2.37. The third-order valence-electron chi connectivity index (χ3n) is 4.05. The molecule has 1 saturated heterocycles. The number of ether oxygens (including phenoxy) is 2. The van der Waals surface area contributed by atoms with E-state index in [2.05, 4.69) is 22.2 Å². The molecule has 1 aromatic carbocycles. The van der Waals surface area contributed by atoms with Crippen LogP contribution in [0.5, 0.6) is 11.5 Å². The quantitative estimate of drug-likeness (QED) is 0.853. The smallest absolute Gasteiger partial charge is 0.234 e. The van der Waals surface area contributed by atoms with Crippen molar-refractivity contribution in [3.8, 4) is 23.8 Å². The molecule has 2 aliphatic rings. The lowest BCUT2D eigenvalue weighted by Gasteiger charge is -2.26. The summed E-state index contributed by atoms with van der Waals surface area (Å²) < 4.78 is 11.2. The SMILES string of the molecule is C#CCNC(=O)CN1CCCC1c1ccc2c(c1)OCCO2. The monoisotopic (exact) mass is 300 g/mol. The molecule has 1 amide bonds. The van der Waals surface area contributed by atoms with Crippen LogP contribution in [-0.4, -0.2) is 43.7 Å². The third-order valence-corrected chi connectivity index (χ3v) is 4.05. The Morgan fingerprint density at radius 2 is 2.18 bits per heavy atom. The fourth-order valence-corrected chi connectivity index (χ4v) is 3.05. The number of rotatable bonds is 4. The van der Waals surface area contributed by atoms with Crippen molar-refractivity contribution in [3.63, 3.8) is 0 Å². The number of benzene rings is 1. The topological polar surface area (TPSA) is 50.8 Å². The van der Waals surface area contributed by atoms with Crippen molar-refractivity contribution in [1.82, 2.24) is 10.2 Å². The van der Waals surface area contributed by atoms with Crippen molar-refractivity contribution in [2.24, 2.45) is 0 Å². The first-order chi connectivity index (χ1) is 10.8. The van der Waals surface area contributed by atoms with Gasteiger partial charge < -0.3 is 14.8 Å². The Hall–Kier alpha value is -2.19. The number of fused-ring (bicyclic) bond motifs is 1. The molecular weight excluding hydrogens is 280 g/mol. The molecule has 1 N–H and O–H groups in total. The van der Waals surface area contributed by atoms with Crippen LogP contribution >= 0.6 is 0 Å². The highest BCUT2D eigenvalue weighted by Gasteiger charge is 2.28. The second-order valence-electron chi connectivity index (χ2n) is 5.51. The molecule has 116 valence electrons. The number of nitrogens with one attached hydrogen (secondary N) is 1. The number of nitrogens with zero attached hydrogens (tertiary/aromatic N) is 1. The van der Waals surface area contributed by atoms with Gasteiger partial charge in [-0.25, -0.2) is 0 Å². The second kappa shape index (κ2) is 6.71. The molecule has 5 nitrogen and oxygen atoms in total. The summed E-state index contributed by atoms with van der Waals surface area (Å²) in [5.41, 5.74) is 1.17. The summed E-state index contributed by atoms with van der Waals surface area (Å²) in [4.78, 5) is 14.1. The van der Waals surface area contributed by atoms with Crippen LogP contribution in [0.2, 0.25) is 0 Å². The van der Waals surface area contributed by atoms with E-state index in [9.17, 15) is 4.79 Å². The highest BCUT2D eigenvalue weighted by atomic mass is 16.6. The standard InChI is InChI=1S/C17H20N2O3/c1-2-7-18-17(20)12-19-8-3-4-14(19)13-5-6-15-16(11-13)22-10-9-21-15/h1,5-6,11,14H,3-4,7-10,12H2,(H,18,20). The first-order valence-corrected chi connectivity index (χ1v) is 7.61. The molecule has 2 heterocycles. The summed E-state index contributed by atoms with van der Waals surface area (Å²) >= 11 is 0. The predicted octanol–water partition coefficient (Wildman–Crippen LogP) is 1.34. The summed E-state index contributed by atoms with van der Waals surface area (Å²) in [5.74, 6) is 3.99. The summed E-state index contributed by atoms with van der Waals surface area (Å²) in [5, 5.41) is 2.72. The first kappa shape index (κ1) is 14.7. The molecule has 0 bridgehead atoms. The molecule has 5 heteroatoms. The third kappa shape index (κ3) is 3.18. The Kier molecular flexibility index (Phi) is 4.50. The number of likely N-dealkylation sites (tertiary alicyclic amines) is 1. The van der Waals surface area contributed by atoms with Crippen LogP contribution in [0.25, 0.3) is 0 Å². The predicted molar refractivity (Wildman–Crippen MR) is 82.8 cm³/mol. The van der Waals surface area contributed by atoms with E-state index >= 15 is 0 Å². The van der Waals surface area contributed by atoms with E-state index < -0.39 is 0 Å². The van der Waals surface area contributed by atoms with Gasteiger partial charge in [0.2, 0.25) is 5.91 Å². The van der Waals surface area contributed by atoms with Crippen molar-refractivity contribution in [2.45, 2.75) is 18.9 Å². The lowest BCUT2D eigenvalue weighted by atomic mass is 10.0. The molecular formula is C17H20N2O3. The number of carbonyl (C=O) groups is 1. The number of hydrogen-bond acceptors (Lipinski definition) is 4. The van der Waals surface area contributed by atoms with Crippen LogP contribution in [0, 0.1) is 12.3 Å². The zero-order chi connectivity index (χ0) is 15.4. The van der Waals surface area contributed by atoms with Crippen LogP contribution in [0.15, 0.2) is 18.2 Å². The molecule has 2 aliphatic heterocycles. The van der Waals surface area contributed by atoms with Gasteiger partial charge in [-0.05, 0) is 37.1 Å². The van der Waals surface area contributed by atoms with Crippen molar-refractivity contribution in [1.29, 1.82) is 0 Å². The van der Waals surface area contributed by atoms with E-state index in [1.165, 1.54) is 5.56 Å². The maximum atomic E-state index is 11.9. The molecule has 3 rings (SSSR count). The van der Waals surface area contributed by atoms with Gasteiger partial charge in [-0.2, -0.15) is 0 Å². The van der Waals surface area contributed by atoms with Crippen LogP contribution in [-0.2, 0) is 4.79 Å². The Morgan fingerprint density at radius 3 is 3.00 bits per heavy atom. The second-order valence-corrected chi connectivity index (χ2v) is 5.51. The van der Waals surface area contributed by atoms with Gasteiger partial charge in [0.25, 0.3) is 0 Å². The summed E-state index contributed by atoms with van der Waals surface area (Å²) in [7, 11) is 0. The molecule has 0 saturated carbocycles. The van der Waals surface area contributed by atoms with E-state index in [0.717, 1.165) is 30.9 Å². The van der Waals surface area contributed by atoms with Crippen LogP contribution in [0.4, 0.5) is 0 Å². The minimum Gasteiger partial charge on any atom is -0.486 e. The zero-order valence-corrected chi connectivity index (χ0v) is 12.5. The summed E-state index contributed by atoms with van der Waals surface area (Å²) in [6.07, 6.45) is 7.29. The first-order valence-electron chi connectivity index (χ1n) is 7.61. The largest absolute Gasteiger partial charge is 0.486 e. The van der Waals surface area contributed by atoms with E-state index in [-0.39, 0.29) is 18.5 Å². The molecule has 1 atom stereocenters. The number of amides is 1. The van der Waals surface area contributed by atoms with Crippen molar-refractivity contribution >= 4 is 5.91 Å². The summed E-state index contributed by atoms with van der Waals surface area (Å²) in [6.45, 7) is 2.75. The van der Waals surface area contributed by atoms with Crippen LogP contribution in [0.1, 0.15) is 24.4 Å². The average Bonchev–Trinajstić information content (AvgIpc) is 3.00. The highest BCUT2D eigenvalue weighted by molar-refractivity contribution is 5.78. The fourth-order valence-electron chi connectivity index (χ4n) is 3.05. The molecule has 1 unspecified atom stereocenters. The fraction of sp³-hybridized carbons (Fsp3) is 0.471. The Bertz CT molecular complexity index is 594.